The van der Waals surface area contributed by atoms with Crippen LogP contribution in [0.3, 0.4) is 0 Å². The standard InChI is InChI=1S/C19H19F3N2O/c20-19(21,22)14-9-7-13(8-10-14)16-5-1-2-6-17(16)18(25)24-15-4-3-11-23-12-15/h1-2,5-10,15,23H,3-4,11-12H2,(H,24,25). The van der Waals surface area contributed by atoms with Gasteiger partial charge in [0.15, 0.2) is 0 Å². The van der Waals surface area contributed by atoms with E-state index in [9.17, 15) is 18.0 Å². The number of benzene rings is 2. The Kier molecular flexibility index (Phi) is 5.08. The summed E-state index contributed by atoms with van der Waals surface area (Å²) in [6.07, 6.45) is -2.45. The molecule has 0 radical (unpaired) electrons. The zero-order valence-corrected chi connectivity index (χ0v) is 13.6. The van der Waals surface area contributed by atoms with Gasteiger partial charge in [-0.15, -0.1) is 0 Å². The Morgan fingerprint density at radius 3 is 2.44 bits per heavy atom. The van der Waals surface area contributed by atoms with Crippen LogP contribution >= 0.6 is 0 Å². The smallest absolute Gasteiger partial charge is 0.348 e. The fraction of sp³-hybridized carbons (Fsp3) is 0.316. The van der Waals surface area contributed by atoms with Crippen molar-refractivity contribution in [3.8, 4) is 11.1 Å². The Labute approximate surface area is 144 Å². The molecule has 0 spiro atoms. The zero-order valence-electron chi connectivity index (χ0n) is 13.6. The lowest BCUT2D eigenvalue weighted by atomic mass is 9.97. The van der Waals surface area contributed by atoms with Crippen LogP contribution in [0, 0.1) is 0 Å². The summed E-state index contributed by atoms with van der Waals surface area (Å²) in [7, 11) is 0. The van der Waals surface area contributed by atoms with Crippen molar-refractivity contribution in [3.63, 3.8) is 0 Å². The lowest BCUT2D eigenvalue weighted by Gasteiger charge is -2.24. The van der Waals surface area contributed by atoms with E-state index in [0.29, 0.717) is 16.7 Å². The molecule has 132 valence electrons. The van der Waals surface area contributed by atoms with E-state index < -0.39 is 11.7 Å². The van der Waals surface area contributed by atoms with Gasteiger partial charge in [-0.1, -0.05) is 30.3 Å². The van der Waals surface area contributed by atoms with Gasteiger partial charge >= 0.3 is 6.18 Å². The molecule has 1 heterocycles. The Bertz CT molecular complexity index is 735. The first-order valence-corrected chi connectivity index (χ1v) is 8.23. The predicted molar refractivity (Wildman–Crippen MR) is 90.2 cm³/mol. The molecule has 0 saturated carbocycles. The second-order valence-corrected chi connectivity index (χ2v) is 6.14. The number of rotatable bonds is 3. The number of hydrogen-bond acceptors (Lipinski definition) is 2. The minimum absolute atomic E-state index is 0.0712. The maximum Gasteiger partial charge on any atom is 0.416 e. The van der Waals surface area contributed by atoms with Crippen LogP contribution in [0.5, 0.6) is 0 Å². The summed E-state index contributed by atoms with van der Waals surface area (Å²) in [5.41, 5.74) is 0.970. The molecule has 1 amide bonds. The molecule has 0 aliphatic carbocycles. The molecule has 0 aromatic heterocycles. The third kappa shape index (κ3) is 4.20. The molecular weight excluding hydrogens is 329 g/mol. The average Bonchev–Trinajstić information content (AvgIpc) is 2.62. The van der Waals surface area contributed by atoms with Gasteiger partial charge in [0.05, 0.1) is 5.56 Å². The van der Waals surface area contributed by atoms with Crippen molar-refractivity contribution in [3.05, 3.63) is 59.7 Å². The molecule has 6 heteroatoms. The maximum atomic E-state index is 12.7. The highest BCUT2D eigenvalue weighted by Gasteiger charge is 2.30. The third-order valence-corrected chi connectivity index (χ3v) is 4.33. The SMILES string of the molecule is O=C(NC1CCCNC1)c1ccccc1-c1ccc(C(F)(F)F)cc1. The number of halogens is 3. The molecule has 2 N–H and O–H groups in total. The van der Waals surface area contributed by atoms with Crippen molar-refractivity contribution in [1.82, 2.24) is 10.6 Å². The topological polar surface area (TPSA) is 41.1 Å². The summed E-state index contributed by atoms with van der Waals surface area (Å²) in [5.74, 6) is -0.204. The van der Waals surface area contributed by atoms with Crippen LogP contribution in [-0.2, 0) is 6.18 Å². The highest BCUT2D eigenvalue weighted by atomic mass is 19.4. The molecule has 3 nitrogen and oxygen atoms in total. The fourth-order valence-corrected chi connectivity index (χ4v) is 3.01. The van der Waals surface area contributed by atoms with Gasteiger partial charge in [-0.25, -0.2) is 0 Å². The van der Waals surface area contributed by atoms with Gasteiger partial charge in [0.25, 0.3) is 5.91 Å². The highest BCUT2D eigenvalue weighted by molar-refractivity contribution is 6.01. The minimum atomic E-state index is -4.37. The molecule has 2 aromatic carbocycles. The Morgan fingerprint density at radius 1 is 1.08 bits per heavy atom. The van der Waals surface area contributed by atoms with E-state index in [-0.39, 0.29) is 11.9 Å². The van der Waals surface area contributed by atoms with Gasteiger partial charge in [0, 0.05) is 18.2 Å². The zero-order chi connectivity index (χ0) is 17.9. The third-order valence-electron chi connectivity index (χ3n) is 4.33. The lowest BCUT2D eigenvalue weighted by molar-refractivity contribution is -0.137. The van der Waals surface area contributed by atoms with E-state index in [1.807, 2.05) is 0 Å². The van der Waals surface area contributed by atoms with Gasteiger partial charge in [-0.05, 0) is 48.7 Å². The van der Waals surface area contributed by atoms with Crippen molar-refractivity contribution in [1.29, 1.82) is 0 Å². The molecule has 3 rings (SSSR count). The predicted octanol–water partition coefficient (Wildman–Crippen LogP) is 3.85. The molecule has 1 atom stereocenters. The summed E-state index contributed by atoms with van der Waals surface area (Å²) >= 11 is 0. The first-order valence-electron chi connectivity index (χ1n) is 8.23. The Hall–Kier alpha value is -2.34. The second-order valence-electron chi connectivity index (χ2n) is 6.14. The number of amides is 1. The monoisotopic (exact) mass is 348 g/mol. The normalized spacial score (nSPS) is 18.0. The first-order chi connectivity index (χ1) is 11.9. The molecule has 0 bridgehead atoms. The Balaban J connectivity index is 1.84. The number of carbonyl (C=O) groups is 1. The van der Waals surface area contributed by atoms with Crippen molar-refractivity contribution < 1.29 is 18.0 Å². The summed E-state index contributed by atoms with van der Waals surface area (Å²) in [6.45, 7) is 1.68. The summed E-state index contributed by atoms with van der Waals surface area (Å²) in [5, 5.41) is 6.24. The van der Waals surface area contributed by atoms with E-state index in [0.717, 1.165) is 38.1 Å². The molecule has 25 heavy (non-hydrogen) atoms. The summed E-state index contributed by atoms with van der Waals surface area (Å²) < 4.78 is 38.2. The van der Waals surface area contributed by atoms with E-state index in [1.165, 1.54) is 12.1 Å². The molecule has 1 aliphatic heterocycles. The van der Waals surface area contributed by atoms with E-state index in [4.69, 9.17) is 0 Å². The van der Waals surface area contributed by atoms with Crippen LogP contribution in [0.1, 0.15) is 28.8 Å². The largest absolute Gasteiger partial charge is 0.416 e. The van der Waals surface area contributed by atoms with Crippen molar-refractivity contribution in [2.24, 2.45) is 0 Å². The second kappa shape index (κ2) is 7.27. The van der Waals surface area contributed by atoms with Crippen LogP contribution in [0.25, 0.3) is 11.1 Å². The van der Waals surface area contributed by atoms with Gasteiger partial charge in [0.1, 0.15) is 0 Å². The summed E-state index contributed by atoms with van der Waals surface area (Å²) in [6, 6.07) is 11.9. The van der Waals surface area contributed by atoms with Gasteiger partial charge in [0.2, 0.25) is 0 Å². The molecule has 1 saturated heterocycles. The number of piperidine rings is 1. The number of alkyl halides is 3. The maximum absolute atomic E-state index is 12.7. The fourth-order valence-electron chi connectivity index (χ4n) is 3.01. The van der Waals surface area contributed by atoms with Crippen LogP contribution in [0.15, 0.2) is 48.5 Å². The van der Waals surface area contributed by atoms with Crippen LogP contribution in [0.2, 0.25) is 0 Å². The van der Waals surface area contributed by atoms with Gasteiger partial charge < -0.3 is 10.6 Å². The van der Waals surface area contributed by atoms with E-state index >= 15 is 0 Å². The van der Waals surface area contributed by atoms with E-state index in [2.05, 4.69) is 10.6 Å². The van der Waals surface area contributed by atoms with Crippen LogP contribution in [0.4, 0.5) is 13.2 Å². The lowest BCUT2D eigenvalue weighted by Crippen LogP contribution is -2.45. The number of hydrogen-bond donors (Lipinski definition) is 2. The molecule has 1 fully saturated rings. The van der Waals surface area contributed by atoms with Crippen molar-refractivity contribution in [2.75, 3.05) is 13.1 Å². The molecular formula is C19H19F3N2O. The van der Waals surface area contributed by atoms with Crippen molar-refractivity contribution >= 4 is 5.91 Å². The van der Waals surface area contributed by atoms with Crippen molar-refractivity contribution in [2.45, 2.75) is 25.1 Å². The number of nitrogens with one attached hydrogen (secondary N) is 2. The van der Waals surface area contributed by atoms with E-state index in [1.54, 1.807) is 24.3 Å². The summed E-state index contributed by atoms with van der Waals surface area (Å²) in [4.78, 5) is 12.6. The Morgan fingerprint density at radius 2 is 1.80 bits per heavy atom. The highest BCUT2D eigenvalue weighted by Crippen LogP contribution is 2.31. The number of carbonyl (C=O) groups excluding carboxylic acids is 1. The molecule has 1 unspecified atom stereocenters. The van der Waals surface area contributed by atoms with Crippen LogP contribution in [-0.4, -0.2) is 25.0 Å². The molecule has 1 aliphatic rings. The van der Waals surface area contributed by atoms with Crippen LogP contribution < -0.4 is 10.6 Å². The first kappa shape index (κ1) is 17.5. The quantitative estimate of drug-likeness (QED) is 0.885. The minimum Gasteiger partial charge on any atom is -0.348 e. The van der Waals surface area contributed by atoms with Gasteiger partial charge in [-0.2, -0.15) is 13.2 Å². The molecule has 2 aromatic rings. The average molecular weight is 348 g/mol. The van der Waals surface area contributed by atoms with Gasteiger partial charge in [-0.3, -0.25) is 4.79 Å².